The molecule has 0 saturated carbocycles. The van der Waals surface area contributed by atoms with Crippen molar-refractivity contribution in [1.29, 1.82) is 0 Å². The van der Waals surface area contributed by atoms with Crippen LogP contribution in [-0.2, 0) is 0 Å². The maximum Gasteiger partial charge on any atom is 0.0701 e. The van der Waals surface area contributed by atoms with Crippen LogP contribution >= 0.6 is 39.0 Å². The molecule has 1 unspecified atom stereocenters. The second-order valence-electron chi connectivity index (χ2n) is 2.53. The Balaban J connectivity index is 2.47. The van der Waals surface area contributed by atoms with Gasteiger partial charge in [-0.15, -0.1) is 11.3 Å². The molecule has 0 fully saturated rings. The standard InChI is InChI=1S/C8H12BrNS2/c1-11-5-4-6(10)7-2-3-8(9)12-7/h2-3,6H,4-5,10H2,1H3. The number of nitrogens with two attached hydrogens (primary N) is 1. The molecule has 0 bridgehead atoms. The minimum atomic E-state index is 0.216. The maximum atomic E-state index is 5.97. The summed E-state index contributed by atoms with van der Waals surface area (Å²) in [6, 6.07) is 4.37. The SMILES string of the molecule is CSCCC(N)c1ccc(Br)s1. The molecule has 0 aliphatic heterocycles. The second-order valence-corrected chi connectivity index (χ2v) is 6.01. The molecule has 1 rings (SSSR count). The molecule has 1 aromatic rings. The summed E-state index contributed by atoms with van der Waals surface area (Å²) < 4.78 is 1.16. The average molecular weight is 266 g/mol. The Kier molecular flexibility index (Phi) is 4.64. The van der Waals surface area contributed by atoms with Crippen molar-refractivity contribution in [3.05, 3.63) is 20.8 Å². The van der Waals surface area contributed by atoms with Crippen molar-refractivity contribution in [2.45, 2.75) is 12.5 Å². The smallest absolute Gasteiger partial charge is 0.0701 e. The van der Waals surface area contributed by atoms with E-state index in [0.29, 0.717) is 0 Å². The van der Waals surface area contributed by atoms with E-state index in [9.17, 15) is 0 Å². The van der Waals surface area contributed by atoms with Crippen LogP contribution < -0.4 is 5.73 Å². The van der Waals surface area contributed by atoms with Gasteiger partial charge in [0, 0.05) is 10.9 Å². The third-order valence-electron chi connectivity index (χ3n) is 1.59. The number of hydrogen-bond donors (Lipinski definition) is 1. The highest BCUT2D eigenvalue weighted by Crippen LogP contribution is 2.27. The number of thiophene rings is 1. The van der Waals surface area contributed by atoms with E-state index in [0.717, 1.165) is 16.0 Å². The molecule has 1 nitrogen and oxygen atoms in total. The molecular formula is C8H12BrNS2. The van der Waals surface area contributed by atoms with Crippen LogP contribution in [0.4, 0.5) is 0 Å². The highest BCUT2D eigenvalue weighted by Gasteiger charge is 2.07. The highest BCUT2D eigenvalue weighted by molar-refractivity contribution is 9.11. The van der Waals surface area contributed by atoms with Gasteiger partial charge in [0.1, 0.15) is 0 Å². The van der Waals surface area contributed by atoms with Gasteiger partial charge >= 0.3 is 0 Å². The number of rotatable bonds is 4. The Morgan fingerprint density at radius 3 is 2.92 bits per heavy atom. The maximum absolute atomic E-state index is 5.97. The molecule has 0 spiro atoms. The first kappa shape index (κ1) is 10.6. The minimum absolute atomic E-state index is 0.216. The van der Waals surface area contributed by atoms with Crippen molar-refractivity contribution < 1.29 is 0 Å². The van der Waals surface area contributed by atoms with Crippen LogP contribution in [0.1, 0.15) is 17.3 Å². The van der Waals surface area contributed by atoms with Gasteiger partial charge in [0.15, 0.2) is 0 Å². The molecule has 2 N–H and O–H groups in total. The molecule has 1 heterocycles. The van der Waals surface area contributed by atoms with Crippen molar-refractivity contribution in [2.75, 3.05) is 12.0 Å². The lowest BCUT2D eigenvalue weighted by molar-refractivity contribution is 0.719. The molecule has 12 heavy (non-hydrogen) atoms. The van der Waals surface area contributed by atoms with Crippen LogP contribution in [0.5, 0.6) is 0 Å². The summed E-state index contributed by atoms with van der Waals surface area (Å²) in [7, 11) is 0. The Morgan fingerprint density at radius 1 is 1.67 bits per heavy atom. The fraction of sp³-hybridized carbons (Fsp3) is 0.500. The van der Waals surface area contributed by atoms with E-state index in [1.54, 1.807) is 11.3 Å². The van der Waals surface area contributed by atoms with E-state index < -0.39 is 0 Å². The van der Waals surface area contributed by atoms with Crippen molar-refractivity contribution in [2.24, 2.45) is 5.73 Å². The molecule has 0 radical (unpaired) electrons. The molecule has 4 heteroatoms. The zero-order chi connectivity index (χ0) is 8.97. The summed E-state index contributed by atoms with van der Waals surface area (Å²) in [5.41, 5.74) is 5.97. The predicted molar refractivity (Wildman–Crippen MR) is 61.9 cm³/mol. The Morgan fingerprint density at radius 2 is 2.42 bits per heavy atom. The fourth-order valence-corrected chi connectivity index (χ4v) is 2.86. The largest absolute Gasteiger partial charge is 0.323 e. The second kappa shape index (κ2) is 5.27. The van der Waals surface area contributed by atoms with Crippen molar-refractivity contribution in [1.82, 2.24) is 0 Å². The van der Waals surface area contributed by atoms with Gasteiger partial charge in [-0.25, -0.2) is 0 Å². The topological polar surface area (TPSA) is 26.0 Å². The van der Waals surface area contributed by atoms with Gasteiger partial charge in [0.25, 0.3) is 0 Å². The zero-order valence-electron chi connectivity index (χ0n) is 6.92. The molecule has 0 aliphatic carbocycles. The van der Waals surface area contributed by atoms with E-state index in [-0.39, 0.29) is 6.04 Å². The summed E-state index contributed by atoms with van der Waals surface area (Å²) in [4.78, 5) is 1.27. The Labute approximate surface area is 89.9 Å². The summed E-state index contributed by atoms with van der Waals surface area (Å²) in [5, 5.41) is 0. The van der Waals surface area contributed by atoms with Gasteiger partial charge in [0.2, 0.25) is 0 Å². The first-order valence-electron chi connectivity index (χ1n) is 3.74. The average Bonchev–Trinajstić information content (AvgIpc) is 2.47. The van der Waals surface area contributed by atoms with Crippen LogP contribution in [0.2, 0.25) is 0 Å². The van der Waals surface area contributed by atoms with E-state index >= 15 is 0 Å². The van der Waals surface area contributed by atoms with Gasteiger partial charge in [-0.05, 0) is 46.5 Å². The lowest BCUT2D eigenvalue weighted by atomic mass is 10.2. The Hall–Kier alpha value is 0.490. The predicted octanol–water partition coefficient (Wildman–Crippen LogP) is 3.26. The van der Waals surface area contributed by atoms with Crippen LogP contribution in [0, 0.1) is 0 Å². The van der Waals surface area contributed by atoms with Crippen LogP contribution in [0.25, 0.3) is 0 Å². The zero-order valence-corrected chi connectivity index (χ0v) is 10.1. The minimum Gasteiger partial charge on any atom is -0.323 e. The summed E-state index contributed by atoms with van der Waals surface area (Å²) in [5.74, 6) is 1.14. The quantitative estimate of drug-likeness (QED) is 0.905. The molecule has 0 amide bonds. The molecule has 1 aromatic heterocycles. The lowest BCUT2D eigenvalue weighted by Gasteiger charge is -2.06. The first-order chi connectivity index (χ1) is 5.74. The van der Waals surface area contributed by atoms with Gasteiger partial charge < -0.3 is 5.73 Å². The molecule has 0 aliphatic rings. The van der Waals surface area contributed by atoms with Crippen LogP contribution in [0.15, 0.2) is 15.9 Å². The Bertz CT molecular complexity index is 237. The van der Waals surface area contributed by atoms with E-state index in [2.05, 4.69) is 34.3 Å². The molecule has 68 valence electrons. The molecule has 0 saturated heterocycles. The number of halogens is 1. The summed E-state index contributed by atoms with van der Waals surface area (Å²) in [6.45, 7) is 0. The fourth-order valence-electron chi connectivity index (χ4n) is 0.915. The number of hydrogen-bond acceptors (Lipinski definition) is 3. The highest BCUT2D eigenvalue weighted by atomic mass is 79.9. The first-order valence-corrected chi connectivity index (χ1v) is 6.74. The molecular weight excluding hydrogens is 254 g/mol. The third-order valence-corrected chi connectivity index (χ3v) is 3.99. The molecule has 0 aromatic carbocycles. The van der Waals surface area contributed by atoms with Gasteiger partial charge in [-0.2, -0.15) is 11.8 Å². The number of thioether (sulfide) groups is 1. The van der Waals surface area contributed by atoms with Crippen molar-refractivity contribution >= 4 is 39.0 Å². The lowest BCUT2D eigenvalue weighted by Crippen LogP contribution is -2.09. The van der Waals surface area contributed by atoms with Gasteiger partial charge in [0.05, 0.1) is 3.79 Å². The summed E-state index contributed by atoms with van der Waals surface area (Å²) >= 11 is 7.00. The van der Waals surface area contributed by atoms with Gasteiger partial charge in [-0.1, -0.05) is 0 Å². The van der Waals surface area contributed by atoms with Crippen molar-refractivity contribution in [3.63, 3.8) is 0 Å². The van der Waals surface area contributed by atoms with Gasteiger partial charge in [-0.3, -0.25) is 0 Å². The van der Waals surface area contributed by atoms with Crippen LogP contribution in [-0.4, -0.2) is 12.0 Å². The monoisotopic (exact) mass is 265 g/mol. The van der Waals surface area contributed by atoms with E-state index in [1.165, 1.54) is 4.88 Å². The third kappa shape index (κ3) is 3.09. The van der Waals surface area contributed by atoms with Crippen LogP contribution in [0.3, 0.4) is 0 Å². The molecule has 1 atom stereocenters. The normalized spacial score (nSPS) is 13.2. The van der Waals surface area contributed by atoms with Crippen molar-refractivity contribution in [3.8, 4) is 0 Å². The summed E-state index contributed by atoms with van der Waals surface area (Å²) in [6.07, 6.45) is 3.17. The van der Waals surface area contributed by atoms with E-state index in [4.69, 9.17) is 5.73 Å². The van der Waals surface area contributed by atoms with E-state index in [1.807, 2.05) is 11.8 Å².